The second-order valence-corrected chi connectivity index (χ2v) is 3.39. The van der Waals surface area contributed by atoms with Crippen molar-refractivity contribution in [3.63, 3.8) is 0 Å². The topological polar surface area (TPSA) is 83.4 Å². The molecule has 0 spiro atoms. The zero-order chi connectivity index (χ0) is 12.8. The number of nitrogens with one attached hydrogen (secondary N) is 1. The van der Waals surface area contributed by atoms with Crippen molar-refractivity contribution in [2.75, 3.05) is 5.32 Å². The third-order valence-corrected chi connectivity index (χ3v) is 2.08. The molecule has 1 rings (SSSR count). The zero-order valence-electron chi connectivity index (χ0n) is 8.40. The summed E-state index contributed by atoms with van der Waals surface area (Å²) in [5, 5.41) is 28.3. The molecule has 0 amide bonds. The van der Waals surface area contributed by atoms with E-state index in [2.05, 4.69) is 17.9 Å². The molecule has 0 aliphatic heterocycles. The highest BCUT2D eigenvalue weighted by Gasteiger charge is 2.09. The Morgan fingerprint density at radius 2 is 1.82 bits per heavy atom. The molecule has 4 nitrogen and oxygen atoms in total. The van der Waals surface area contributed by atoms with Gasteiger partial charge in [-0.1, -0.05) is 0 Å². The minimum atomic E-state index is -0.625. The summed E-state index contributed by atoms with van der Waals surface area (Å²) < 4.78 is 13.4. The van der Waals surface area contributed by atoms with Crippen LogP contribution in [0.5, 0.6) is 0 Å². The first kappa shape index (κ1) is 12.6. The highest BCUT2D eigenvalue weighted by Crippen LogP contribution is 2.20. The van der Waals surface area contributed by atoms with Gasteiger partial charge in [0.2, 0.25) is 0 Å². The Hall–Kier alpha value is -2.49. The molecule has 0 aromatic heterocycles. The lowest BCUT2D eigenvalue weighted by Crippen LogP contribution is -2.02. The molecule has 1 aromatic carbocycles. The number of nitrogens with zero attached hydrogens (tertiary/aromatic N) is 3. The van der Waals surface area contributed by atoms with Gasteiger partial charge in [0, 0.05) is 4.90 Å². The smallest absolute Gasteiger partial charge is 0.163 e. The van der Waals surface area contributed by atoms with Gasteiger partial charge in [0.05, 0.1) is 5.69 Å². The van der Waals surface area contributed by atoms with E-state index in [0.29, 0.717) is 4.90 Å². The van der Waals surface area contributed by atoms with Gasteiger partial charge in [0.15, 0.2) is 5.57 Å². The quantitative estimate of drug-likeness (QED) is 0.617. The summed E-state index contributed by atoms with van der Waals surface area (Å²) in [6, 6.07) is 8.76. The predicted octanol–water partition coefficient (Wildman–Crippen LogP) is 2.35. The number of allylic oxidation sites excluding steroid dienone is 2. The monoisotopic (exact) mass is 244 g/mol. The Morgan fingerprint density at radius 3 is 2.29 bits per heavy atom. The molecule has 0 saturated carbocycles. The highest BCUT2D eigenvalue weighted by atomic mass is 32.1. The molecule has 1 N–H and O–H groups in total. The van der Waals surface area contributed by atoms with Crippen LogP contribution in [0, 0.1) is 39.8 Å². The van der Waals surface area contributed by atoms with Crippen molar-refractivity contribution in [1.82, 2.24) is 0 Å². The summed E-state index contributed by atoms with van der Waals surface area (Å²) in [4.78, 5) is 0.427. The second-order valence-electron chi connectivity index (χ2n) is 2.87. The van der Waals surface area contributed by atoms with Gasteiger partial charge in [0.1, 0.15) is 29.7 Å². The number of nitriles is 3. The van der Waals surface area contributed by atoms with E-state index in [1.165, 1.54) is 12.1 Å². The van der Waals surface area contributed by atoms with E-state index in [1.54, 1.807) is 18.2 Å². The van der Waals surface area contributed by atoms with Crippen LogP contribution in [0.4, 0.5) is 10.1 Å². The van der Waals surface area contributed by atoms with Crippen molar-refractivity contribution in [3.8, 4) is 18.2 Å². The van der Waals surface area contributed by atoms with E-state index < -0.39 is 11.4 Å². The first-order valence-corrected chi connectivity index (χ1v) is 4.77. The van der Waals surface area contributed by atoms with Crippen molar-refractivity contribution in [1.29, 1.82) is 15.8 Å². The van der Waals surface area contributed by atoms with Crippen molar-refractivity contribution in [3.05, 3.63) is 35.3 Å². The Balaban J connectivity index is 3.16. The maximum atomic E-state index is 13.4. The molecule has 0 saturated heterocycles. The highest BCUT2D eigenvalue weighted by molar-refractivity contribution is 7.80. The third-order valence-electron chi connectivity index (χ3n) is 1.80. The first-order chi connectivity index (χ1) is 8.12. The van der Waals surface area contributed by atoms with Gasteiger partial charge in [-0.05, 0) is 18.2 Å². The molecule has 17 heavy (non-hydrogen) atoms. The number of halogens is 1. The van der Waals surface area contributed by atoms with Crippen LogP contribution in [0.2, 0.25) is 0 Å². The van der Waals surface area contributed by atoms with Gasteiger partial charge < -0.3 is 5.32 Å². The van der Waals surface area contributed by atoms with Crippen LogP contribution < -0.4 is 5.32 Å². The van der Waals surface area contributed by atoms with Crippen LogP contribution >= 0.6 is 12.6 Å². The fraction of sp³-hybridized carbons (Fsp3) is 0. The molecule has 0 bridgehead atoms. The number of thiol groups is 1. The molecule has 0 heterocycles. The molecule has 0 fully saturated rings. The number of rotatable bonds is 2. The van der Waals surface area contributed by atoms with Gasteiger partial charge >= 0.3 is 0 Å². The summed E-state index contributed by atoms with van der Waals surface area (Å²) >= 11 is 3.94. The molecular formula is C11H5FN4S. The minimum Gasteiger partial charge on any atom is -0.343 e. The molecule has 0 radical (unpaired) electrons. The number of anilines is 1. The fourth-order valence-corrected chi connectivity index (χ4v) is 1.21. The van der Waals surface area contributed by atoms with Gasteiger partial charge in [-0.3, -0.25) is 0 Å². The lowest BCUT2D eigenvalue weighted by atomic mass is 10.2. The van der Waals surface area contributed by atoms with E-state index in [9.17, 15) is 4.39 Å². The third kappa shape index (κ3) is 2.98. The Kier molecular flexibility index (Phi) is 4.11. The Morgan fingerprint density at radius 1 is 1.18 bits per heavy atom. The standard InChI is InChI=1S/C11H5FN4S/c12-9-3-8(17)1-2-10(9)16-11(6-15)7(4-13)5-14/h1-3,16-17H. The summed E-state index contributed by atoms with van der Waals surface area (Å²) in [5.74, 6) is -0.625. The zero-order valence-corrected chi connectivity index (χ0v) is 9.29. The van der Waals surface area contributed by atoms with E-state index in [-0.39, 0.29) is 11.4 Å². The van der Waals surface area contributed by atoms with Crippen molar-refractivity contribution in [2.45, 2.75) is 4.90 Å². The molecule has 6 heteroatoms. The lowest BCUT2D eigenvalue weighted by molar-refractivity contribution is 0.628. The normalized spacial score (nSPS) is 8.41. The van der Waals surface area contributed by atoms with Crippen molar-refractivity contribution in [2.24, 2.45) is 0 Å². The van der Waals surface area contributed by atoms with Gasteiger partial charge in [-0.25, -0.2) is 4.39 Å². The summed E-state index contributed by atoms with van der Waals surface area (Å²) in [6.07, 6.45) is 0. The molecule has 82 valence electrons. The molecule has 1 aromatic rings. The molecule has 0 aliphatic carbocycles. The Bertz CT molecular complexity index is 585. The number of benzene rings is 1. The van der Waals surface area contributed by atoms with Crippen molar-refractivity contribution >= 4 is 18.3 Å². The fourth-order valence-electron chi connectivity index (χ4n) is 1.02. The summed E-state index contributed by atoms with van der Waals surface area (Å²) in [6.45, 7) is 0. The van der Waals surface area contributed by atoms with E-state index in [4.69, 9.17) is 15.8 Å². The van der Waals surface area contributed by atoms with Gasteiger partial charge in [-0.2, -0.15) is 15.8 Å². The van der Waals surface area contributed by atoms with Gasteiger partial charge in [0.25, 0.3) is 0 Å². The van der Waals surface area contributed by atoms with Crippen LogP contribution in [-0.2, 0) is 0 Å². The molecular weight excluding hydrogens is 239 g/mol. The molecule has 0 unspecified atom stereocenters. The maximum absolute atomic E-state index is 13.4. The SMILES string of the molecule is N#CC(C#N)=C(C#N)Nc1ccc(S)cc1F. The van der Waals surface area contributed by atoms with Crippen LogP contribution in [0.3, 0.4) is 0 Å². The number of hydrogen-bond acceptors (Lipinski definition) is 5. The molecule has 0 aliphatic rings. The maximum Gasteiger partial charge on any atom is 0.163 e. The first-order valence-electron chi connectivity index (χ1n) is 4.32. The van der Waals surface area contributed by atoms with Gasteiger partial charge in [-0.15, -0.1) is 12.6 Å². The van der Waals surface area contributed by atoms with Crippen molar-refractivity contribution < 1.29 is 4.39 Å². The largest absolute Gasteiger partial charge is 0.343 e. The number of hydrogen-bond donors (Lipinski definition) is 2. The average Bonchev–Trinajstić information content (AvgIpc) is 2.32. The summed E-state index contributed by atoms with van der Waals surface area (Å²) in [5.41, 5.74) is -0.690. The van der Waals surface area contributed by atoms with E-state index >= 15 is 0 Å². The van der Waals surface area contributed by atoms with Crippen LogP contribution in [-0.4, -0.2) is 0 Å². The Labute approximate surface area is 103 Å². The van der Waals surface area contributed by atoms with E-state index in [1.807, 2.05) is 0 Å². The van der Waals surface area contributed by atoms with Crippen LogP contribution in [0.25, 0.3) is 0 Å². The second kappa shape index (κ2) is 5.55. The molecule has 0 atom stereocenters. The minimum absolute atomic E-state index is 0.00218. The predicted molar refractivity (Wildman–Crippen MR) is 61.1 cm³/mol. The summed E-state index contributed by atoms with van der Waals surface area (Å²) in [7, 11) is 0. The lowest BCUT2D eigenvalue weighted by Gasteiger charge is -2.06. The van der Waals surface area contributed by atoms with E-state index in [0.717, 1.165) is 6.07 Å². The van der Waals surface area contributed by atoms with Crippen LogP contribution in [0.1, 0.15) is 0 Å². The average molecular weight is 244 g/mol. The van der Waals surface area contributed by atoms with Crippen LogP contribution in [0.15, 0.2) is 34.4 Å².